The second kappa shape index (κ2) is 4.58. The molecule has 1 N–H and O–H groups in total. The number of aryl methyl sites for hydroxylation is 1. The van der Waals surface area contributed by atoms with Crippen LogP contribution in [0.5, 0.6) is 0 Å². The van der Waals surface area contributed by atoms with E-state index in [9.17, 15) is 4.39 Å². The minimum Gasteiger partial charge on any atom is -0.337 e. The molecule has 1 aromatic carbocycles. The maximum Gasteiger partial charge on any atom is 0.158 e. The molecule has 0 aliphatic carbocycles. The average molecular weight is 228 g/mol. The van der Waals surface area contributed by atoms with Crippen LogP contribution < -0.4 is 5.32 Å². The normalized spacial score (nSPS) is 9.71. The molecule has 84 valence electrons. The van der Waals surface area contributed by atoms with Gasteiger partial charge < -0.3 is 5.32 Å². The lowest BCUT2D eigenvalue weighted by atomic mass is 10.2. The third kappa shape index (κ3) is 2.55. The Kier molecular flexibility index (Phi) is 2.97. The van der Waals surface area contributed by atoms with Crippen molar-refractivity contribution >= 4 is 11.5 Å². The zero-order chi connectivity index (χ0) is 12.3. The maximum atomic E-state index is 13.5. The second-order valence-electron chi connectivity index (χ2n) is 3.51. The summed E-state index contributed by atoms with van der Waals surface area (Å²) in [6, 6.07) is 6.72. The molecule has 0 saturated carbocycles. The molecule has 0 aliphatic heterocycles. The van der Waals surface area contributed by atoms with Gasteiger partial charge in [-0.2, -0.15) is 5.26 Å². The van der Waals surface area contributed by atoms with E-state index in [1.807, 2.05) is 13.0 Å². The van der Waals surface area contributed by atoms with Crippen LogP contribution in [0.15, 0.2) is 30.6 Å². The largest absolute Gasteiger partial charge is 0.337 e. The van der Waals surface area contributed by atoms with E-state index in [0.29, 0.717) is 11.5 Å². The topological polar surface area (TPSA) is 61.6 Å². The third-order valence-electron chi connectivity index (χ3n) is 2.15. The van der Waals surface area contributed by atoms with Crippen LogP contribution in [0.1, 0.15) is 11.3 Å². The number of halogens is 1. The fraction of sp³-hybridized carbons (Fsp3) is 0.0833. The third-order valence-corrected chi connectivity index (χ3v) is 2.15. The summed E-state index contributed by atoms with van der Waals surface area (Å²) in [6.45, 7) is 1.81. The highest BCUT2D eigenvalue weighted by atomic mass is 19.1. The van der Waals surface area contributed by atoms with Gasteiger partial charge in [0.25, 0.3) is 0 Å². The summed E-state index contributed by atoms with van der Waals surface area (Å²) in [5, 5.41) is 11.4. The van der Waals surface area contributed by atoms with Gasteiger partial charge in [-0.05, 0) is 24.6 Å². The molecule has 0 radical (unpaired) electrons. The molecule has 0 bridgehead atoms. The van der Waals surface area contributed by atoms with Crippen LogP contribution >= 0.6 is 0 Å². The maximum absolute atomic E-state index is 13.5. The van der Waals surface area contributed by atoms with Crippen LogP contribution in [0.4, 0.5) is 15.9 Å². The minimum atomic E-state index is -0.351. The lowest BCUT2D eigenvalue weighted by molar-refractivity contribution is 0.630. The van der Waals surface area contributed by atoms with Crippen LogP contribution in [0.3, 0.4) is 0 Å². The first-order valence-electron chi connectivity index (χ1n) is 4.94. The average Bonchev–Trinajstić information content (AvgIpc) is 2.34. The van der Waals surface area contributed by atoms with Gasteiger partial charge in [0.1, 0.15) is 17.7 Å². The predicted molar refractivity (Wildman–Crippen MR) is 61.2 cm³/mol. The van der Waals surface area contributed by atoms with Gasteiger partial charge in [-0.1, -0.05) is 6.07 Å². The number of nitrogens with zero attached hydrogens (tertiary/aromatic N) is 3. The number of hydrogen-bond donors (Lipinski definition) is 1. The van der Waals surface area contributed by atoms with Crippen LogP contribution in [0.2, 0.25) is 0 Å². The molecule has 0 saturated heterocycles. The van der Waals surface area contributed by atoms with Gasteiger partial charge in [0.05, 0.1) is 18.1 Å². The Balaban J connectivity index is 2.23. The van der Waals surface area contributed by atoms with E-state index in [1.165, 1.54) is 18.5 Å². The number of nitrogens with one attached hydrogen (secondary N) is 1. The molecule has 0 aliphatic rings. The lowest BCUT2D eigenvalue weighted by Gasteiger charge is -2.06. The fourth-order valence-electron chi connectivity index (χ4n) is 1.31. The molecule has 1 heterocycles. The van der Waals surface area contributed by atoms with Crippen LogP contribution in [-0.2, 0) is 0 Å². The molecule has 0 amide bonds. The summed E-state index contributed by atoms with van der Waals surface area (Å²) in [5.74, 6) is 0.0444. The molecule has 0 fully saturated rings. The Morgan fingerprint density at radius 1 is 1.29 bits per heavy atom. The number of hydrogen-bond acceptors (Lipinski definition) is 4. The van der Waals surface area contributed by atoms with Gasteiger partial charge in [-0.25, -0.2) is 14.4 Å². The number of aromatic nitrogens is 2. The van der Waals surface area contributed by atoms with Crippen LogP contribution in [-0.4, -0.2) is 9.97 Å². The van der Waals surface area contributed by atoms with Gasteiger partial charge in [-0.3, -0.25) is 0 Å². The number of anilines is 2. The molecule has 0 unspecified atom stereocenters. The summed E-state index contributed by atoms with van der Waals surface area (Å²) in [5.41, 5.74) is 1.40. The summed E-state index contributed by atoms with van der Waals surface area (Å²) in [4.78, 5) is 7.78. The molecular formula is C12H9FN4. The molecule has 2 aromatic rings. The van der Waals surface area contributed by atoms with Crippen molar-refractivity contribution in [2.24, 2.45) is 0 Å². The first kappa shape index (κ1) is 11.0. The standard InChI is InChI=1S/C12H9FN4/c1-8-2-3-11(10(13)4-8)17-12-7-15-9(5-14)6-16-12/h2-4,6-7H,1H3,(H,16,17). The summed E-state index contributed by atoms with van der Waals surface area (Å²) < 4.78 is 13.5. The van der Waals surface area contributed by atoms with Gasteiger partial charge in [0.2, 0.25) is 0 Å². The summed E-state index contributed by atoms with van der Waals surface area (Å²) in [7, 11) is 0. The van der Waals surface area contributed by atoms with E-state index in [0.717, 1.165) is 5.56 Å². The quantitative estimate of drug-likeness (QED) is 0.857. The van der Waals surface area contributed by atoms with Crippen molar-refractivity contribution in [2.45, 2.75) is 6.92 Å². The Hall–Kier alpha value is -2.48. The van der Waals surface area contributed by atoms with E-state index in [4.69, 9.17) is 5.26 Å². The van der Waals surface area contributed by atoms with Gasteiger partial charge in [-0.15, -0.1) is 0 Å². The Labute approximate surface area is 97.8 Å². The highest BCUT2D eigenvalue weighted by Gasteiger charge is 2.03. The molecule has 2 rings (SSSR count). The lowest BCUT2D eigenvalue weighted by Crippen LogP contribution is -1.98. The number of nitriles is 1. The minimum absolute atomic E-state index is 0.222. The summed E-state index contributed by atoms with van der Waals surface area (Å²) >= 11 is 0. The van der Waals surface area contributed by atoms with E-state index in [2.05, 4.69) is 15.3 Å². The van der Waals surface area contributed by atoms with Crippen molar-refractivity contribution < 1.29 is 4.39 Å². The second-order valence-corrected chi connectivity index (χ2v) is 3.51. The van der Waals surface area contributed by atoms with Crippen molar-refractivity contribution in [2.75, 3.05) is 5.32 Å². The predicted octanol–water partition coefficient (Wildman–Crippen LogP) is 2.54. The highest BCUT2D eigenvalue weighted by molar-refractivity contribution is 5.56. The number of benzene rings is 1. The molecule has 17 heavy (non-hydrogen) atoms. The molecule has 4 nitrogen and oxygen atoms in total. The van der Waals surface area contributed by atoms with Gasteiger partial charge in [0, 0.05) is 0 Å². The Bertz CT molecular complexity index is 572. The van der Waals surface area contributed by atoms with Crippen molar-refractivity contribution in [3.05, 3.63) is 47.7 Å². The first-order chi connectivity index (χ1) is 8.19. The highest BCUT2D eigenvalue weighted by Crippen LogP contribution is 2.18. The van der Waals surface area contributed by atoms with E-state index < -0.39 is 0 Å². The van der Waals surface area contributed by atoms with Gasteiger partial charge >= 0.3 is 0 Å². The smallest absolute Gasteiger partial charge is 0.158 e. The SMILES string of the molecule is Cc1ccc(Nc2cnc(C#N)cn2)c(F)c1. The first-order valence-corrected chi connectivity index (χ1v) is 4.94. The molecule has 1 aromatic heterocycles. The Morgan fingerprint density at radius 2 is 2.12 bits per heavy atom. The summed E-state index contributed by atoms with van der Waals surface area (Å²) in [6.07, 6.45) is 2.71. The monoisotopic (exact) mass is 228 g/mol. The molecule has 5 heteroatoms. The molecule has 0 spiro atoms. The van der Waals surface area contributed by atoms with Crippen LogP contribution in [0.25, 0.3) is 0 Å². The van der Waals surface area contributed by atoms with Crippen molar-refractivity contribution in [1.82, 2.24) is 9.97 Å². The van der Waals surface area contributed by atoms with Crippen molar-refractivity contribution in [1.29, 1.82) is 5.26 Å². The fourth-order valence-corrected chi connectivity index (χ4v) is 1.31. The van der Waals surface area contributed by atoms with Gasteiger partial charge in [0.15, 0.2) is 5.69 Å². The molecule has 0 atom stereocenters. The molecular weight excluding hydrogens is 219 g/mol. The Morgan fingerprint density at radius 3 is 2.71 bits per heavy atom. The van der Waals surface area contributed by atoms with Crippen molar-refractivity contribution in [3.63, 3.8) is 0 Å². The van der Waals surface area contributed by atoms with E-state index in [-0.39, 0.29) is 11.5 Å². The van der Waals surface area contributed by atoms with Crippen molar-refractivity contribution in [3.8, 4) is 6.07 Å². The zero-order valence-corrected chi connectivity index (χ0v) is 9.11. The van der Waals surface area contributed by atoms with E-state index in [1.54, 1.807) is 12.1 Å². The van der Waals surface area contributed by atoms with Crippen LogP contribution in [0, 0.1) is 24.1 Å². The van der Waals surface area contributed by atoms with E-state index >= 15 is 0 Å². The number of rotatable bonds is 2. The zero-order valence-electron chi connectivity index (χ0n) is 9.11.